The molecule has 0 saturated heterocycles. The first-order chi connectivity index (χ1) is 12.7. The first kappa shape index (κ1) is 18.7. The van der Waals surface area contributed by atoms with E-state index in [0.29, 0.717) is 24.3 Å². The van der Waals surface area contributed by atoms with Crippen LogP contribution in [0.5, 0.6) is 0 Å². The van der Waals surface area contributed by atoms with E-state index in [1.54, 1.807) is 0 Å². The van der Waals surface area contributed by atoms with Crippen LogP contribution in [-0.4, -0.2) is 28.2 Å². The van der Waals surface area contributed by atoms with Crippen LogP contribution in [0.25, 0.3) is 0 Å². The predicted molar refractivity (Wildman–Crippen MR) is 93.1 cm³/mol. The number of nitrogens with one attached hydrogen (secondary N) is 1. The van der Waals surface area contributed by atoms with Crippen molar-refractivity contribution in [2.45, 2.75) is 68.5 Å². The Labute approximate surface area is 156 Å². The van der Waals surface area contributed by atoms with E-state index in [4.69, 9.17) is 5.73 Å². The maximum absolute atomic E-state index is 13.8. The topological polar surface area (TPSA) is 75.4 Å². The van der Waals surface area contributed by atoms with Crippen LogP contribution in [0.4, 0.5) is 13.2 Å². The summed E-state index contributed by atoms with van der Waals surface area (Å²) in [7, 11) is 0. The summed E-state index contributed by atoms with van der Waals surface area (Å²) in [4.78, 5) is 12.5. The molecule has 4 fully saturated rings. The molecule has 0 spiro atoms. The zero-order valence-corrected chi connectivity index (χ0v) is 15.1. The van der Waals surface area contributed by atoms with Crippen LogP contribution in [-0.2, 0) is 11.2 Å². The second kappa shape index (κ2) is 6.48. The summed E-state index contributed by atoms with van der Waals surface area (Å²) < 4.78 is 40.1. The largest absolute Gasteiger partial charge is 0.390 e. The predicted octanol–water partition coefficient (Wildman–Crippen LogP) is 2.56. The summed E-state index contributed by atoms with van der Waals surface area (Å²) in [5, 5.41) is 13.8. The van der Waals surface area contributed by atoms with E-state index in [0.717, 1.165) is 38.2 Å². The van der Waals surface area contributed by atoms with Gasteiger partial charge in [0.2, 0.25) is 5.91 Å². The summed E-state index contributed by atoms with van der Waals surface area (Å²) >= 11 is 0. The standard InChI is InChI=1S/C20H25F3N2O2/c21-15-5-17(23)16(22)3-13(15)2-14(24)4-18(26)25-19-6-11-1-12(7-19)9-20(27,8-11)10-19/h3,5,11-12,14,27H,1-2,4,6-10,24H2,(H,25,26)/t11?,12?,14-,19?,20?/m1/s1. The highest BCUT2D eigenvalue weighted by molar-refractivity contribution is 5.77. The molecular weight excluding hydrogens is 357 g/mol. The normalized spacial score (nSPS) is 35.3. The van der Waals surface area contributed by atoms with Crippen LogP contribution in [0.15, 0.2) is 12.1 Å². The highest BCUT2D eigenvalue weighted by Gasteiger charge is 2.57. The van der Waals surface area contributed by atoms with E-state index in [1.165, 1.54) is 0 Å². The molecule has 4 saturated carbocycles. The quantitative estimate of drug-likeness (QED) is 0.685. The summed E-state index contributed by atoms with van der Waals surface area (Å²) in [5.41, 5.74) is 4.88. The first-order valence-corrected chi connectivity index (χ1v) is 9.58. The van der Waals surface area contributed by atoms with Gasteiger partial charge in [-0.15, -0.1) is 0 Å². The van der Waals surface area contributed by atoms with E-state index in [1.807, 2.05) is 0 Å². The number of nitrogens with two attached hydrogens (primary N) is 1. The van der Waals surface area contributed by atoms with Gasteiger partial charge in [0.1, 0.15) is 5.82 Å². The number of hydrogen-bond acceptors (Lipinski definition) is 3. The maximum Gasteiger partial charge on any atom is 0.221 e. The van der Waals surface area contributed by atoms with Crippen molar-refractivity contribution in [3.8, 4) is 0 Å². The summed E-state index contributed by atoms with van der Waals surface area (Å²) in [5.74, 6) is -2.60. The molecule has 5 rings (SSSR count). The van der Waals surface area contributed by atoms with Gasteiger partial charge in [0, 0.05) is 24.1 Å². The summed E-state index contributed by atoms with van der Waals surface area (Å²) in [6.07, 6.45) is 4.99. The molecular formula is C20H25F3N2O2. The smallest absolute Gasteiger partial charge is 0.221 e. The first-order valence-electron chi connectivity index (χ1n) is 9.58. The molecule has 7 heteroatoms. The molecule has 4 N–H and O–H groups in total. The molecule has 0 aliphatic heterocycles. The van der Waals surface area contributed by atoms with Gasteiger partial charge in [-0.2, -0.15) is 0 Å². The molecule has 4 nitrogen and oxygen atoms in total. The summed E-state index contributed by atoms with van der Waals surface area (Å²) in [6.45, 7) is 0. The van der Waals surface area contributed by atoms with Gasteiger partial charge in [-0.25, -0.2) is 13.2 Å². The van der Waals surface area contributed by atoms with Crippen LogP contribution in [0.3, 0.4) is 0 Å². The number of rotatable bonds is 5. The van der Waals surface area contributed by atoms with E-state index >= 15 is 0 Å². The van der Waals surface area contributed by atoms with Crippen molar-refractivity contribution >= 4 is 5.91 Å². The number of halogens is 3. The molecule has 1 aromatic carbocycles. The lowest BCUT2D eigenvalue weighted by atomic mass is 9.51. The zero-order chi connectivity index (χ0) is 19.4. The SMILES string of the molecule is N[C@@H](CC(=O)NC12CC3CC(CC(O)(C3)C1)C2)Cc1cc(F)c(F)cc1F. The monoisotopic (exact) mass is 382 g/mol. The van der Waals surface area contributed by atoms with E-state index in [-0.39, 0.29) is 29.9 Å². The Morgan fingerprint density at radius 2 is 1.78 bits per heavy atom. The van der Waals surface area contributed by atoms with Crippen molar-refractivity contribution in [2.75, 3.05) is 0 Å². The van der Waals surface area contributed by atoms with Crippen LogP contribution in [0.2, 0.25) is 0 Å². The Kier molecular flexibility index (Phi) is 4.50. The maximum atomic E-state index is 13.8. The summed E-state index contributed by atoms with van der Waals surface area (Å²) in [6, 6.07) is 0.575. The zero-order valence-electron chi connectivity index (χ0n) is 15.1. The second-order valence-corrected chi connectivity index (χ2v) is 9.04. The van der Waals surface area contributed by atoms with Crippen molar-refractivity contribution < 1.29 is 23.1 Å². The number of hydrogen-bond donors (Lipinski definition) is 3. The lowest BCUT2D eigenvalue weighted by Crippen LogP contribution is -2.65. The van der Waals surface area contributed by atoms with Gasteiger partial charge in [0.05, 0.1) is 5.60 Å². The van der Waals surface area contributed by atoms with Gasteiger partial charge in [0.15, 0.2) is 11.6 Å². The van der Waals surface area contributed by atoms with Gasteiger partial charge in [-0.3, -0.25) is 4.79 Å². The van der Waals surface area contributed by atoms with E-state index < -0.39 is 29.1 Å². The van der Waals surface area contributed by atoms with E-state index in [2.05, 4.69) is 5.32 Å². The van der Waals surface area contributed by atoms with Gasteiger partial charge in [0.25, 0.3) is 0 Å². The van der Waals surface area contributed by atoms with Crippen LogP contribution in [0.1, 0.15) is 50.5 Å². The molecule has 2 unspecified atom stereocenters. The van der Waals surface area contributed by atoms with Crippen molar-refractivity contribution in [2.24, 2.45) is 17.6 Å². The Balaban J connectivity index is 1.38. The molecule has 4 aliphatic carbocycles. The average molecular weight is 382 g/mol. The van der Waals surface area contributed by atoms with Crippen LogP contribution in [0, 0.1) is 29.3 Å². The molecule has 0 radical (unpaired) electrons. The Morgan fingerprint density at radius 3 is 2.41 bits per heavy atom. The highest BCUT2D eigenvalue weighted by Crippen LogP contribution is 2.57. The Hall–Kier alpha value is -1.60. The lowest BCUT2D eigenvalue weighted by molar-refractivity contribution is -0.151. The fourth-order valence-corrected chi connectivity index (χ4v) is 6.02. The fraction of sp³-hybridized carbons (Fsp3) is 0.650. The number of benzene rings is 1. The van der Waals surface area contributed by atoms with Crippen molar-refractivity contribution in [3.05, 3.63) is 35.1 Å². The van der Waals surface area contributed by atoms with Crippen molar-refractivity contribution in [1.82, 2.24) is 5.32 Å². The second-order valence-electron chi connectivity index (χ2n) is 9.04. The molecule has 4 aliphatic rings. The van der Waals surface area contributed by atoms with Gasteiger partial charge in [-0.05, 0) is 68.4 Å². The van der Waals surface area contributed by atoms with Crippen molar-refractivity contribution in [3.63, 3.8) is 0 Å². The number of carbonyl (C=O) groups excluding carboxylic acids is 1. The van der Waals surface area contributed by atoms with Crippen molar-refractivity contribution in [1.29, 1.82) is 0 Å². The van der Waals surface area contributed by atoms with Gasteiger partial charge in [-0.1, -0.05) is 0 Å². The lowest BCUT2D eigenvalue weighted by Gasteiger charge is -2.60. The molecule has 1 amide bonds. The van der Waals surface area contributed by atoms with E-state index in [9.17, 15) is 23.1 Å². The molecule has 4 bridgehead atoms. The highest BCUT2D eigenvalue weighted by atomic mass is 19.2. The Bertz CT molecular complexity index is 756. The van der Waals surface area contributed by atoms with Crippen LogP contribution >= 0.6 is 0 Å². The van der Waals surface area contributed by atoms with Gasteiger partial charge >= 0.3 is 0 Å². The van der Waals surface area contributed by atoms with Gasteiger partial charge < -0.3 is 16.2 Å². The molecule has 1 aromatic rings. The fourth-order valence-electron chi connectivity index (χ4n) is 6.02. The minimum absolute atomic E-state index is 0.0338. The minimum atomic E-state index is -1.25. The Morgan fingerprint density at radius 1 is 1.15 bits per heavy atom. The van der Waals surface area contributed by atoms with Crippen LogP contribution < -0.4 is 11.1 Å². The molecule has 3 atom stereocenters. The molecule has 148 valence electrons. The molecule has 0 aromatic heterocycles. The third kappa shape index (κ3) is 3.72. The number of amides is 1. The number of carbonyl (C=O) groups is 1. The number of aliphatic hydroxyl groups is 1. The third-order valence-electron chi connectivity index (χ3n) is 6.45. The molecule has 0 heterocycles. The minimum Gasteiger partial charge on any atom is -0.390 e. The molecule has 27 heavy (non-hydrogen) atoms. The average Bonchev–Trinajstić information content (AvgIpc) is 2.49. The third-order valence-corrected chi connectivity index (χ3v) is 6.45.